The van der Waals surface area contributed by atoms with Gasteiger partial charge in [0, 0.05) is 18.7 Å². The Morgan fingerprint density at radius 2 is 1.44 bits per heavy atom. The van der Waals surface area contributed by atoms with Gasteiger partial charge in [0.05, 0.1) is 22.0 Å². The van der Waals surface area contributed by atoms with Gasteiger partial charge < -0.3 is 4.74 Å². The van der Waals surface area contributed by atoms with E-state index < -0.39 is 44.0 Å². The lowest BCUT2D eigenvalue weighted by Crippen LogP contribution is -2.27. The number of nitrogens with zero attached hydrogens (tertiary/aromatic N) is 1. The molecule has 1 heterocycles. The smallest absolute Gasteiger partial charge is 0.307 e. The van der Waals surface area contributed by atoms with Gasteiger partial charge in [-0.25, -0.2) is 16.8 Å². The van der Waals surface area contributed by atoms with Crippen LogP contribution in [-0.4, -0.2) is 58.3 Å². The second kappa shape index (κ2) is 9.93. The van der Waals surface area contributed by atoms with E-state index >= 15 is 0 Å². The zero-order valence-corrected chi connectivity index (χ0v) is 19.3. The molecule has 0 radical (unpaired) electrons. The van der Waals surface area contributed by atoms with Crippen LogP contribution in [0.3, 0.4) is 0 Å². The van der Waals surface area contributed by atoms with Gasteiger partial charge in [-0.3, -0.25) is 9.59 Å². The van der Waals surface area contributed by atoms with Crippen LogP contribution in [0.15, 0.2) is 58.3 Å². The molecular formula is C22H25NO7S2. The highest BCUT2D eigenvalue weighted by atomic mass is 32.2. The standard InChI is InChI=1S/C22H25NO7S2/c1-17-4-8-19(9-5-17)31(26,27)15-12-22(25)30-16-21(24)18-6-10-20(11-7-18)32(28,29)23-13-2-3-14-23/h4-11H,2-3,12-16H2,1H3. The summed E-state index contributed by atoms with van der Waals surface area (Å²) in [6.45, 7) is 2.25. The number of sulfonamides is 1. The third-order valence-electron chi connectivity index (χ3n) is 5.20. The summed E-state index contributed by atoms with van der Waals surface area (Å²) in [5, 5.41) is 0. The SMILES string of the molecule is Cc1ccc(S(=O)(=O)CCC(=O)OCC(=O)c2ccc(S(=O)(=O)N3CCCC3)cc2)cc1. The van der Waals surface area contributed by atoms with Crippen molar-refractivity contribution >= 4 is 31.6 Å². The van der Waals surface area contributed by atoms with Gasteiger partial charge in [-0.15, -0.1) is 0 Å². The van der Waals surface area contributed by atoms with Crippen molar-refractivity contribution in [2.45, 2.75) is 36.0 Å². The fourth-order valence-electron chi connectivity index (χ4n) is 3.27. The van der Waals surface area contributed by atoms with Gasteiger partial charge in [-0.05, 0) is 56.2 Å². The van der Waals surface area contributed by atoms with Crippen LogP contribution in [0.5, 0.6) is 0 Å². The summed E-state index contributed by atoms with van der Waals surface area (Å²) >= 11 is 0. The van der Waals surface area contributed by atoms with Crippen molar-refractivity contribution in [1.29, 1.82) is 0 Å². The number of carbonyl (C=O) groups excluding carboxylic acids is 2. The minimum absolute atomic E-state index is 0.106. The number of ketones is 1. The van der Waals surface area contributed by atoms with Gasteiger partial charge in [-0.2, -0.15) is 4.31 Å². The number of aryl methyl sites for hydroxylation is 1. The van der Waals surface area contributed by atoms with E-state index in [1.54, 1.807) is 12.1 Å². The second-order valence-electron chi connectivity index (χ2n) is 7.60. The zero-order chi connectivity index (χ0) is 23.4. The first-order valence-electron chi connectivity index (χ1n) is 10.2. The Balaban J connectivity index is 1.51. The molecule has 0 bridgehead atoms. The first-order chi connectivity index (χ1) is 15.1. The molecule has 0 N–H and O–H groups in total. The molecule has 0 aliphatic carbocycles. The summed E-state index contributed by atoms with van der Waals surface area (Å²) in [7, 11) is -7.21. The lowest BCUT2D eigenvalue weighted by Gasteiger charge is -2.15. The van der Waals surface area contributed by atoms with Crippen LogP contribution >= 0.6 is 0 Å². The molecule has 1 saturated heterocycles. The molecule has 3 rings (SSSR count). The van der Waals surface area contributed by atoms with Crippen molar-refractivity contribution in [3.05, 3.63) is 59.7 Å². The Morgan fingerprint density at radius 1 is 0.875 bits per heavy atom. The number of esters is 1. The number of benzene rings is 2. The molecule has 172 valence electrons. The summed E-state index contributed by atoms with van der Waals surface area (Å²) in [4.78, 5) is 24.4. The minimum Gasteiger partial charge on any atom is -0.457 e. The van der Waals surface area contributed by atoms with Gasteiger partial charge in [0.25, 0.3) is 0 Å². The summed E-state index contributed by atoms with van der Waals surface area (Å²) in [6, 6.07) is 11.8. The third-order valence-corrected chi connectivity index (χ3v) is 8.84. The average Bonchev–Trinajstić information content (AvgIpc) is 3.32. The van der Waals surface area contributed by atoms with Crippen molar-refractivity contribution in [3.63, 3.8) is 0 Å². The molecule has 0 saturated carbocycles. The first kappa shape index (κ1) is 24.1. The number of carbonyl (C=O) groups is 2. The fourth-order valence-corrected chi connectivity index (χ4v) is 6.01. The van der Waals surface area contributed by atoms with Crippen molar-refractivity contribution < 1.29 is 31.2 Å². The number of Topliss-reactive ketones (excluding diaryl/α,β-unsaturated/α-hetero) is 1. The molecule has 0 amide bonds. The van der Waals surface area contributed by atoms with Crippen molar-refractivity contribution in [2.24, 2.45) is 0 Å². The second-order valence-corrected chi connectivity index (χ2v) is 11.6. The van der Waals surface area contributed by atoms with Crippen molar-refractivity contribution in [3.8, 4) is 0 Å². The maximum absolute atomic E-state index is 12.5. The topological polar surface area (TPSA) is 115 Å². The van der Waals surface area contributed by atoms with Gasteiger partial charge >= 0.3 is 5.97 Å². The molecule has 0 unspecified atom stereocenters. The van der Waals surface area contributed by atoms with Gasteiger partial charge in [0.2, 0.25) is 10.0 Å². The normalized spacial score (nSPS) is 14.9. The highest BCUT2D eigenvalue weighted by Crippen LogP contribution is 2.21. The largest absolute Gasteiger partial charge is 0.457 e. The summed E-state index contributed by atoms with van der Waals surface area (Å²) in [5.41, 5.74) is 1.12. The molecule has 1 aliphatic heterocycles. The van der Waals surface area contributed by atoms with E-state index in [4.69, 9.17) is 4.74 Å². The first-order valence-corrected chi connectivity index (χ1v) is 13.3. The van der Waals surface area contributed by atoms with Gasteiger partial charge in [0.15, 0.2) is 22.2 Å². The van der Waals surface area contributed by atoms with Gasteiger partial charge in [-0.1, -0.05) is 17.7 Å². The highest BCUT2D eigenvalue weighted by Gasteiger charge is 2.27. The van der Waals surface area contributed by atoms with E-state index in [0.717, 1.165) is 18.4 Å². The number of sulfone groups is 1. The lowest BCUT2D eigenvalue weighted by atomic mass is 10.1. The highest BCUT2D eigenvalue weighted by molar-refractivity contribution is 7.91. The molecule has 1 fully saturated rings. The van der Waals surface area contributed by atoms with E-state index in [1.807, 2.05) is 6.92 Å². The molecular weight excluding hydrogens is 454 g/mol. The minimum atomic E-state index is -3.64. The monoisotopic (exact) mass is 479 g/mol. The number of rotatable bonds is 9. The number of hydrogen-bond acceptors (Lipinski definition) is 7. The van der Waals surface area contributed by atoms with Crippen LogP contribution in [-0.2, 0) is 29.4 Å². The molecule has 2 aromatic rings. The molecule has 1 aliphatic rings. The Kier molecular flexibility index (Phi) is 7.47. The Bertz CT molecular complexity index is 1180. The quantitative estimate of drug-likeness (QED) is 0.401. The van der Waals surface area contributed by atoms with Crippen LogP contribution in [0.1, 0.15) is 35.2 Å². The maximum atomic E-state index is 12.5. The Hall–Kier alpha value is -2.56. The van der Waals surface area contributed by atoms with E-state index in [9.17, 15) is 26.4 Å². The van der Waals surface area contributed by atoms with Crippen LogP contribution < -0.4 is 0 Å². The maximum Gasteiger partial charge on any atom is 0.307 e. The molecule has 32 heavy (non-hydrogen) atoms. The summed E-state index contributed by atoms with van der Waals surface area (Å²) < 4.78 is 55.9. The predicted octanol–water partition coefficient (Wildman–Crippen LogP) is 2.37. The molecule has 0 aromatic heterocycles. The third kappa shape index (κ3) is 5.81. The molecule has 0 spiro atoms. The van der Waals surface area contributed by atoms with Crippen molar-refractivity contribution in [2.75, 3.05) is 25.4 Å². The number of hydrogen-bond donors (Lipinski definition) is 0. The van der Waals surface area contributed by atoms with Gasteiger partial charge in [0.1, 0.15) is 0 Å². The predicted molar refractivity (Wildman–Crippen MR) is 118 cm³/mol. The average molecular weight is 480 g/mol. The summed E-state index contributed by atoms with van der Waals surface area (Å²) in [5.74, 6) is -1.74. The Labute approximate surface area is 188 Å². The van der Waals surface area contributed by atoms with Crippen LogP contribution in [0, 0.1) is 6.92 Å². The zero-order valence-electron chi connectivity index (χ0n) is 17.7. The van der Waals surface area contributed by atoms with Crippen molar-refractivity contribution in [1.82, 2.24) is 4.31 Å². The molecule has 2 aromatic carbocycles. The van der Waals surface area contributed by atoms with E-state index in [2.05, 4.69) is 0 Å². The summed E-state index contributed by atoms with van der Waals surface area (Å²) in [6.07, 6.45) is 1.28. The van der Waals surface area contributed by atoms with E-state index in [1.165, 1.54) is 40.7 Å². The lowest BCUT2D eigenvalue weighted by molar-refractivity contribution is -0.142. The molecule has 10 heteroatoms. The Morgan fingerprint density at radius 3 is 2.03 bits per heavy atom. The van der Waals surface area contributed by atoms with Crippen LogP contribution in [0.4, 0.5) is 0 Å². The molecule has 0 atom stereocenters. The fraction of sp³-hybridized carbons (Fsp3) is 0.364. The molecule has 8 nitrogen and oxygen atoms in total. The number of ether oxygens (including phenoxy) is 1. The van der Waals surface area contributed by atoms with Crippen LogP contribution in [0.2, 0.25) is 0 Å². The van der Waals surface area contributed by atoms with E-state index in [-0.39, 0.29) is 21.8 Å². The van der Waals surface area contributed by atoms with E-state index in [0.29, 0.717) is 13.1 Å². The van der Waals surface area contributed by atoms with Crippen LogP contribution in [0.25, 0.3) is 0 Å².